The first kappa shape index (κ1) is 16.5. The molecular weight excluding hydrogens is 285 g/mol. The van der Waals surface area contributed by atoms with E-state index in [1.165, 1.54) is 25.7 Å². The largest absolute Gasteiger partial charge is 0.467 e. The van der Waals surface area contributed by atoms with Crippen molar-refractivity contribution in [1.29, 1.82) is 0 Å². The maximum Gasteiger partial charge on any atom is 0.328 e. The summed E-state index contributed by atoms with van der Waals surface area (Å²) in [5.41, 5.74) is 0.778. The highest BCUT2D eigenvalue weighted by Gasteiger charge is 2.27. The topological polar surface area (TPSA) is 55.4 Å². The van der Waals surface area contributed by atoms with Gasteiger partial charge in [-0.15, -0.1) is 0 Å². The summed E-state index contributed by atoms with van der Waals surface area (Å²) in [7, 11) is 1.30. The number of nitrogens with one attached hydrogen (secondary N) is 1. The van der Waals surface area contributed by atoms with E-state index in [1.807, 2.05) is 0 Å². The summed E-state index contributed by atoms with van der Waals surface area (Å²) in [6.45, 7) is 0. The highest BCUT2D eigenvalue weighted by Crippen LogP contribution is 2.23. The van der Waals surface area contributed by atoms with Gasteiger partial charge >= 0.3 is 5.97 Å². The molecular formula is C17H22FNO3. The fraction of sp³-hybridized carbons (Fsp3) is 0.529. The van der Waals surface area contributed by atoms with E-state index in [0.29, 0.717) is 6.42 Å². The van der Waals surface area contributed by atoms with Crippen LogP contribution in [0.1, 0.15) is 37.7 Å². The van der Waals surface area contributed by atoms with Crippen molar-refractivity contribution in [1.82, 2.24) is 5.32 Å². The molecule has 1 aromatic carbocycles. The maximum atomic E-state index is 12.9. The molecule has 1 N–H and O–H groups in total. The van der Waals surface area contributed by atoms with Gasteiger partial charge in [0.05, 0.1) is 7.11 Å². The zero-order valence-corrected chi connectivity index (χ0v) is 12.8. The Bertz CT molecular complexity index is 509. The van der Waals surface area contributed by atoms with Crippen LogP contribution in [0.4, 0.5) is 4.39 Å². The van der Waals surface area contributed by atoms with Gasteiger partial charge < -0.3 is 10.1 Å². The van der Waals surface area contributed by atoms with Crippen molar-refractivity contribution in [3.8, 4) is 0 Å². The Labute approximate surface area is 130 Å². The lowest BCUT2D eigenvalue weighted by atomic mass is 9.88. The second-order valence-electron chi connectivity index (χ2n) is 5.75. The molecule has 1 atom stereocenters. The van der Waals surface area contributed by atoms with Gasteiger partial charge in [0.25, 0.3) is 0 Å². The van der Waals surface area contributed by atoms with Gasteiger partial charge in [0.15, 0.2) is 0 Å². The van der Waals surface area contributed by atoms with Crippen LogP contribution in [-0.4, -0.2) is 25.0 Å². The Morgan fingerprint density at radius 3 is 2.45 bits per heavy atom. The molecule has 0 heterocycles. The minimum atomic E-state index is -0.732. The first-order valence-electron chi connectivity index (χ1n) is 7.73. The second kappa shape index (κ2) is 7.92. The zero-order valence-electron chi connectivity index (χ0n) is 12.8. The summed E-state index contributed by atoms with van der Waals surface area (Å²) in [6.07, 6.45) is 5.32. The molecule has 0 aliphatic heterocycles. The predicted octanol–water partition coefficient (Wildman–Crippen LogP) is 2.61. The molecule has 120 valence electrons. The molecule has 22 heavy (non-hydrogen) atoms. The normalized spacial score (nSPS) is 16.8. The van der Waals surface area contributed by atoms with Crippen molar-refractivity contribution in [2.45, 2.75) is 44.6 Å². The number of esters is 1. The summed E-state index contributed by atoms with van der Waals surface area (Å²) >= 11 is 0. The van der Waals surface area contributed by atoms with E-state index >= 15 is 0 Å². The number of hydrogen-bond acceptors (Lipinski definition) is 3. The van der Waals surface area contributed by atoms with Crippen molar-refractivity contribution in [2.75, 3.05) is 7.11 Å². The number of carbonyl (C=O) groups excluding carboxylic acids is 2. The molecule has 0 unspecified atom stereocenters. The minimum Gasteiger partial charge on any atom is -0.467 e. The minimum absolute atomic E-state index is 0.0193. The van der Waals surface area contributed by atoms with Gasteiger partial charge in [0.2, 0.25) is 5.91 Å². The third kappa shape index (κ3) is 4.55. The zero-order chi connectivity index (χ0) is 15.9. The molecule has 4 nitrogen and oxygen atoms in total. The lowest BCUT2D eigenvalue weighted by molar-refractivity contribution is -0.145. The average molecular weight is 307 g/mol. The fourth-order valence-corrected chi connectivity index (χ4v) is 2.85. The first-order chi connectivity index (χ1) is 10.6. The Kier molecular flexibility index (Phi) is 5.92. The van der Waals surface area contributed by atoms with Crippen molar-refractivity contribution in [2.24, 2.45) is 5.92 Å². The maximum absolute atomic E-state index is 12.9. The van der Waals surface area contributed by atoms with Crippen LogP contribution in [0.2, 0.25) is 0 Å². The molecule has 2 rings (SSSR count). The van der Waals surface area contributed by atoms with E-state index in [4.69, 9.17) is 4.74 Å². The van der Waals surface area contributed by atoms with Crippen LogP contribution in [-0.2, 0) is 20.7 Å². The number of ether oxygens (including phenoxy) is 1. The van der Waals surface area contributed by atoms with Crippen molar-refractivity contribution in [3.63, 3.8) is 0 Å². The van der Waals surface area contributed by atoms with Crippen LogP contribution in [0.5, 0.6) is 0 Å². The number of methoxy groups -OCH3 is 1. The molecule has 0 spiro atoms. The quantitative estimate of drug-likeness (QED) is 0.851. The molecule has 0 saturated heterocycles. The number of rotatable bonds is 5. The third-order valence-electron chi connectivity index (χ3n) is 4.13. The predicted molar refractivity (Wildman–Crippen MR) is 80.6 cm³/mol. The number of amides is 1. The number of halogens is 1. The molecule has 1 aromatic rings. The van der Waals surface area contributed by atoms with Crippen LogP contribution in [0.3, 0.4) is 0 Å². The highest BCUT2D eigenvalue weighted by atomic mass is 19.1. The van der Waals surface area contributed by atoms with Crippen LogP contribution in [0.25, 0.3) is 0 Å². The Morgan fingerprint density at radius 2 is 1.86 bits per heavy atom. The van der Waals surface area contributed by atoms with Crippen molar-refractivity contribution < 1.29 is 18.7 Å². The standard InChI is InChI=1S/C17H22FNO3/c1-22-17(21)15(11-12-7-9-14(18)10-8-12)19-16(20)13-5-3-2-4-6-13/h7-10,13,15H,2-6,11H2,1H3,(H,19,20)/t15-/m0/s1. The van der Waals surface area contributed by atoms with Crippen LogP contribution in [0, 0.1) is 11.7 Å². The monoisotopic (exact) mass is 307 g/mol. The van der Waals surface area contributed by atoms with E-state index in [-0.39, 0.29) is 17.6 Å². The summed E-state index contributed by atoms with van der Waals surface area (Å²) in [5.74, 6) is -0.913. The summed E-state index contributed by atoms with van der Waals surface area (Å²) in [4.78, 5) is 24.2. The van der Waals surface area contributed by atoms with E-state index in [2.05, 4.69) is 5.32 Å². The summed E-state index contributed by atoms with van der Waals surface area (Å²) < 4.78 is 17.7. The lowest BCUT2D eigenvalue weighted by Gasteiger charge is -2.24. The molecule has 5 heteroatoms. The van der Waals surface area contributed by atoms with Gasteiger partial charge in [-0.1, -0.05) is 31.4 Å². The molecule has 1 aliphatic rings. The summed E-state index contributed by atoms with van der Waals surface area (Å²) in [6, 6.07) is 5.17. The number of benzene rings is 1. The number of hydrogen-bond donors (Lipinski definition) is 1. The van der Waals surface area contributed by atoms with Crippen LogP contribution < -0.4 is 5.32 Å². The van der Waals surface area contributed by atoms with Gasteiger partial charge in [-0.2, -0.15) is 0 Å². The van der Waals surface area contributed by atoms with Gasteiger partial charge in [0.1, 0.15) is 11.9 Å². The lowest BCUT2D eigenvalue weighted by Crippen LogP contribution is -2.45. The first-order valence-corrected chi connectivity index (χ1v) is 7.73. The average Bonchev–Trinajstić information content (AvgIpc) is 2.56. The Morgan fingerprint density at radius 1 is 1.23 bits per heavy atom. The Hall–Kier alpha value is -1.91. The molecule has 1 aliphatic carbocycles. The molecule has 1 saturated carbocycles. The fourth-order valence-electron chi connectivity index (χ4n) is 2.85. The third-order valence-corrected chi connectivity index (χ3v) is 4.13. The smallest absolute Gasteiger partial charge is 0.328 e. The SMILES string of the molecule is COC(=O)[C@H](Cc1ccc(F)cc1)NC(=O)C1CCCCC1. The molecule has 0 radical (unpaired) electrons. The van der Waals surface area contributed by atoms with Gasteiger partial charge in [0, 0.05) is 12.3 Å². The highest BCUT2D eigenvalue weighted by molar-refractivity contribution is 5.86. The van der Waals surface area contributed by atoms with Gasteiger partial charge in [-0.05, 0) is 30.5 Å². The molecule has 1 amide bonds. The van der Waals surface area contributed by atoms with Crippen LogP contribution in [0.15, 0.2) is 24.3 Å². The van der Waals surface area contributed by atoms with E-state index in [9.17, 15) is 14.0 Å². The van der Waals surface area contributed by atoms with Crippen molar-refractivity contribution >= 4 is 11.9 Å². The summed E-state index contributed by atoms with van der Waals surface area (Å²) in [5, 5.41) is 2.79. The van der Waals surface area contributed by atoms with E-state index in [0.717, 1.165) is 31.2 Å². The van der Waals surface area contributed by atoms with Crippen molar-refractivity contribution in [3.05, 3.63) is 35.6 Å². The van der Waals surface area contributed by atoms with E-state index < -0.39 is 12.0 Å². The second-order valence-corrected chi connectivity index (χ2v) is 5.75. The molecule has 0 bridgehead atoms. The number of carbonyl (C=O) groups is 2. The molecule has 1 fully saturated rings. The Balaban J connectivity index is 2.00. The molecule has 0 aromatic heterocycles. The van der Waals surface area contributed by atoms with Crippen LogP contribution >= 0.6 is 0 Å². The van der Waals surface area contributed by atoms with E-state index in [1.54, 1.807) is 12.1 Å². The van der Waals surface area contributed by atoms with Gasteiger partial charge in [-0.25, -0.2) is 9.18 Å². The van der Waals surface area contributed by atoms with Gasteiger partial charge in [-0.3, -0.25) is 4.79 Å².